The average molecular weight is 520 g/mol. The SMILES string of the molecule is Cc1c(Cl)cc(F)cc1S(=O)(=O)NCC1CCC(CNc2nc(N(C)C)c3ccccc3n2)CC1. The first-order valence-electron chi connectivity index (χ1n) is 11.8. The number of sulfonamides is 1. The largest absolute Gasteiger partial charge is 0.362 e. The molecule has 2 aromatic carbocycles. The van der Waals surface area contributed by atoms with Crippen molar-refractivity contribution in [3.8, 4) is 0 Å². The summed E-state index contributed by atoms with van der Waals surface area (Å²) in [4.78, 5) is 11.2. The van der Waals surface area contributed by atoms with Gasteiger partial charge in [-0.3, -0.25) is 0 Å². The number of hydrogen-bond donors (Lipinski definition) is 2. The van der Waals surface area contributed by atoms with Crippen LogP contribution in [0.3, 0.4) is 0 Å². The lowest BCUT2D eigenvalue weighted by molar-refractivity contribution is 0.284. The molecule has 2 N–H and O–H groups in total. The highest BCUT2D eigenvalue weighted by Crippen LogP contribution is 2.30. The van der Waals surface area contributed by atoms with E-state index in [2.05, 4.69) is 15.0 Å². The minimum atomic E-state index is -3.83. The van der Waals surface area contributed by atoms with E-state index in [1.165, 1.54) is 0 Å². The van der Waals surface area contributed by atoms with Gasteiger partial charge in [0.25, 0.3) is 0 Å². The van der Waals surface area contributed by atoms with Gasteiger partial charge in [0, 0.05) is 37.6 Å². The van der Waals surface area contributed by atoms with E-state index in [-0.39, 0.29) is 15.8 Å². The molecule has 1 aliphatic carbocycles. The van der Waals surface area contributed by atoms with Crippen molar-refractivity contribution < 1.29 is 12.8 Å². The molecule has 0 aliphatic heterocycles. The maximum atomic E-state index is 13.7. The van der Waals surface area contributed by atoms with Crippen LogP contribution in [0.2, 0.25) is 5.02 Å². The van der Waals surface area contributed by atoms with Gasteiger partial charge in [-0.25, -0.2) is 22.5 Å². The van der Waals surface area contributed by atoms with E-state index in [0.29, 0.717) is 24.0 Å². The first kappa shape index (κ1) is 25.6. The smallest absolute Gasteiger partial charge is 0.240 e. The van der Waals surface area contributed by atoms with E-state index < -0.39 is 15.8 Å². The van der Waals surface area contributed by atoms with Crippen LogP contribution in [0.25, 0.3) is 10.9 Å². The molecule has 0 atom stereocenters. The van der Waals surface area contributed by atoms with Gasteiger partial charge in [0.2, 0.25) is 16.0 Å². The van der Waals surface area contributed by atoms with Gasteiger partial charge in [0.05, 0.1) is 10.4 Å². The lowest BCUT2D eigenvalue weighted by Crippen LogP contribution is -2.32. The van der Waals surface area contributed by atoms with Gasteiger partial charge in [-0.15, -0.1) is 0 Å². The number of nitrogens with zero attached hydrogens (tertiary/aromatic N) is 3. The van der Waals surface area contributed by atoms with E-state index in [0.717, 1.165) is 61.1 Å². The number of rotatable bonds is 8. The van der Waals surface area contributed by atoms with Crippen LogP contribution < -0.4 is 14.9 Å². The van der Waals surface area contributed by atoms with Gasteiger partial charge >= 0.3 is 0 Å². The number of aromatic nitrogens is 2. The Bertz CT molecular complexity index is 1310. The number of hydrogen-bond acceptors (Lipinski definition) is 6. The number of anilines is 2. The Morgan fingerprint density at radius 3 is 2.40 bits per heavy atom. The molecule has 3 aromatic rings. The van der Waals surface area contributed by atoms with Gasteiger partial charge in [-0.2, -0.15) is 4.98 Å². The maximum absolute atomic E-state index is 13.7. The van der Waals surface area contributed by atoms with Crippen molar-refractivity contribution in [2.24, 2.45) is 11.8 Å². The van der Waals surface area contributed by atoms with E-state index in [1.54, 1.807) is 6.92 Å². The molecule has 1 aromatic heterocycles. The third-order valence-electron chi connectivity index (χ3n) is 6.63. The van der Waals surface area contributed by atoms with E-state index in [1.807, 2.05) is 43.3 Å². The average Bonchev–Trinajstić information content (AvgIpc) is 2.83. The summed E-state index contributed by atoms with van der Waals surface area (Å²) in [6, 6.07) is 10.1. The molecule has 10 heteroatoms. The second kappa shape index (κ2) is 10.6. The maximum Gasteiger partial charge on any atom is 0.240 e. The minimum absolute atomic E-state index is 0.103. The number of fused-ring (bicyclic) bond motifs is 1. The lowest BCUT2D eigenvalue weighted by Gasteiger charge is -2.29. The van der Waals surface area contributed by atoms with Gasteiger partial charge in [-0.05, 0) is 74.3 Å². The van der Waals surface area contributed by atoms with E-state index in [4.69, 9.17) is 16.6 Å². The van der Waals surface area contributed by atoms with Crippen LogP contribution in [-0.2, 0) is 10.0 Å². The minimum Gasteiger partial charge on any atom is -0.362 e. The molecule has 1 aliphatic rings. The van der Waals surface area contributed by atoms with Crippen molar-refractivity contribution in [1.82, 2.24) is 14.7 Å². The summed E-state index contributed by atoms with van der Waals surface area (Å²) < 4.78 is 41.8. The van der Waals surface area contributed by atoms with E-state index in [9.17, 15) is 12.8 Å². The topological polar surface area (TPSA) is 87.2 Å². The van der Waals surface area contributed by atoms with Crippen molar-refractivity contribution in [3.63, 3.8) is 0 Å². The molecule has 188 valence electrons. The van der Waals surface area contributed by atoms with Crippen LogP contribution >= 0.6 is 11.6 Å². The highest BCUT2D eigenvalue weighted by Gasteiger charge is 2.25. The third-order valence-corrected chi connectivity index (χ3v) is 8.58. The second-order valence-corrected chi connectivity index (χ2v) is 11.6. The van der Waals surface area contributed by atoms with E-state index >= 15 is 0 Å². The Morgan fingerprint density at radius 2 is 1.71 bits per heavy atom. The molecule has 0 unspecified atom stereocenters. The van der Waals surface area contributed by atoms with Crippen LogP contribution in [0.5, 0.6) is 0 Å². The Hall–Kier alpha value is -2.49. The summed E-state index contributed by atoms with van der Waals surface area (Å²) in [6.07, 6.45) is 3.80. The zero-order valence-electron chi connectivity index (χ0n) is 20.2. The third kappa shape index (κ3) is 6.02. The van der Waals surface area contributed by atoms with Crippen molar-refractivity contribution in [2.75, 3.05) is 37.4 Å². The molecule has 0 bridgehead atoms. The first-order valence-corrected chi connectivity index (χ1v) is 13.6. The quantitative estimate of drug-likeness (QED) is 0.436. The fourth-order valence-corrected chi connectivity index (χ4v) is 6.22. The Morgan fingerprint density at radius 1 is 1.06 bits per heavy atom. The van der Waals surface area contributed by atoms with Crippen molar-refractivity contribution in [1.29, 1.82) is 0 Å². The molecule has 0 radical (unpaired) electrons. The highest BCUT2D eigenvalue weighted by atomic mass is 35.5. The van der Waals surface area contributed by atoms with Crippen LogP contribution in [0.1, 0.15) is 31.2 Å². The molecular weight excluding hydrogens is 489 g/mol. The van der Waals surface area contributed by atoms with Crippen LogP contribution in [-0.4, -0.2) is 45.6 Å². The molecule has 1 saturated carbocycles. The zero-order chi connectivity index (χ0) is 25.2. The second-order valence-electron chi connectivity index (χ2n) is 9.41. The van der Waals surface area contributed by atoms with Crippen LogP contribution in [0.4, 0.5) is 16.2 Å². The monoisotopic (exact) mass is 519 g/mol. The molecule has 4 rings (SSSR count). The predicted molar refractivity (Wildman–Crippen MR) is 139 cm³/mol. The molecule has 35 heavy (non-hydrogen) atoms. The molecule has 1 heterocycles. The van der Waals surface area contributed by atoms with Crippen molar-refractivity contribution in [3.05, 3.63) is 52.8 Å². The highest BCUT2D eigenvalue weighted by molar-refractivity contribution is 7.89. The summed E-state index contributed by atoms with van der Waals surface area (Å²) >= 11 is 5.97. The predicted octanol–water partition coefficient (Wildman–Crippen LogP) is 4.99. The van der Waals surface area contributed by atoms with Gasteiger partial charge in [0.1, 0.15) is 11.6 Å². The fourth-order valence-electron chi connectivity index (χ4n) is 4.56. The van der Waals surface area contributed by atoms with Crippen LogP contribution in [0, 0.1) is 24.6 Å². The molecule has 7 nitrogen and oxygen atoms in total. The number of benzene rings is 2. The normalized spacial score (nSPS) is 18.5. The van der Waals surface area contributed by atoms with Gasteiger partial charge in [0.15, 0.2) is 0 Å². The molecule has 0 saturated heterocycles. The zero-order valence-corrected chi connectivity index (χ0v) is 21.8. The fraction of sp³-hybridized carbons (Fsp3) is 0.440. The Kier molecular flexibility index (Phi) is 7.78. The molecular formula is C25H31ClFN5O2S. The summed E-state index contributed by atoms with van der Waals surface area (Å²) in [6.45, 7) is 2.68. The van der Waals surface area contributed by atoms with Gasteiger partial charge in [-0.1, -0.05) is 23.7 Å². The molecule has 0 spiro atoms. The molecule has 1 fully saturated rings. The standard InChI is InChI=1S/C25H31ClFN5O2S/c1-16-21(26)12-19(27)13-23(16)35(33,34)29-15-18-10-8-17(9-11-18)14-28-25-30-22-7-5-4-6-20(22)24(31-25)32(2)3/h4-7,12-13,17-18,29H,8-11,14-15H2,1-3H3,(H,28,30,31). The first-order chi connectivity index (χ1) is 16.6. The van der Waals surface area contributed by atoms with Crippen LogP contribution in [0.15, 0.2) is 41.3 Å². The number of nitrogens with one attached hydrogen (secondary N) is 2. The van der Waals surface area contributed by atoms with Crippen molar-refractivity contribution >= 4 is 44.3 Å². The number of para-hydroxylation sites is 1. The summed E-state index contributed by atoms with van der Waals surface area (Å²) in [5.41, 5.74) is 1.25. The van der Waals surface area contributed by atoms with Gasteiger partial charge < -0.3 is 10.2 Å². The molecule has 0 amide bonds. The summed E-state index contributed by atoms with van der Waals surface area (Å²) in [5.74, 6) is 1.53. The lowest BCUT2D eigenvalue weighted by atomic mass is 9.82. The van der Waals surface area contributed by atoms with Crippen molar-refractivity contribution in [2.45, 2.75) is 37.5 Å². The summed E-state index contributed by atoms with van der Waals surface area (Å²) in [5, 5.41) is 4.52. The Balaban J connectivity index is 1.31. The number of halogens is 2. The Labute approximate surface area is 211 Å². The summed E-state index contributed by atoms with van der Waals surface area (Å²) in [7, 11) is 0.109.